The van der Waals surface area contributed by atoms with Gasteiger partial charge >= 0.3 is 0 Å². The molecule has 3 nitrogen and oxygen atoms in total. The van der Waals surface area contributed by atoms with Crippen LogP contribution in [0.15, 0.2) is 24.3 Å². The van der Waals surface area contributed by atoms with Gasteiger partial charge in [-0.05, 0) is 43.7 Å². The first-order valence-corrected chi connectivity index (χ1v) is 9.79. The summed E-state index contributed by atoms with van der Waals surface area (Å²) in [7, 11) is -2.86. The van der Waals surface area contributed by atoms with Gasteiger partial charge in [0.2, 0.25) is 0 Å². The monoisotopic (exact) mass is 311 g/mol. The lowest BCUT2D eigenvalue weighted by molar-refractivity contribution is 0.496. The van der Waals surface area contributed by atoms with E-state index in [2.05, 4.69) is 50.4 Å². The summed E-state index contributed by atoms with van der Waals surface area (Å²) >= 11 is 0. The van der Waals surface area contributed by atoms with Crippen molar-refractivity contribution in [3.8, 4) is 0 Å². The van der Waals surface area contributed by atoms with Gasteiger partial charge in [0.1, 0.15) is 9.84 Å². The molecule has 0 saturated heterocycles. The molecule has 0 aromatic heterocycles. The minimum Gasteiger partial charge on any atom is -0.316 e. The predicted octanol–water partition coefficient (Wildman–Crippen LogP) is 3.15. The summed E-state index contributed by atoms with van der Waals surface area (Å²) in [4.78, 5) is 0. The van der Waals surface area contributed by atoms with Crippen LogP contribution >= 0.6 is 0 Å². The fourth-order valence-corrected chi connectivity index (χ4v) is 3.14. The second-order valence-corrected chi connectivity index (χ2v) is 8.70. The summed E-state index contributed by atoms with van der Waals surface area (Å²) in [5.41, 5.74) is 2.56. The molecule has 0 radical (unpaired) electrons. The highest BCUT2D eigenvalue weighted by atomic mass is 32.2. The maximum absolute atomic E-state index is 11.3. The van der Waals surface area contributed by atoms with Crippen molar-refractivity contribution < 1.29 is 8.42 Å². The zero-order valence-corrected chi connectivity index (χ0v) is 14.5. The van der Waals surface area contributed by atoms with Gasteiger partial charge in [-0.3, -0.25) is 0 Å². The molecule has 0 aliphatic rings. The summed E-state index contributed by atoms with van der Waals surface area (Å²) in [5, 5.41) is 3.50. The van der Waals surface area contributed by atoms with Crippen LogP contribution in [-0.4, -0.2) is 33.5 Å². The Morgan fingerprint density at radius 2 is 1.90 bits per heavy atom. The molecule has 1 aromatic rings. The van der Waals surface area contributed by atoms with Crippen LogP contribution in [-0.2, 0) is 9.84 Å². The Morgan fingerprint density at radius 3 is 2.48 bits per heavy atom. The molecular formula is C17H29NO2S. The molecule has 0 fully saturated rings. The highest BCUT2D eigenvalue weighted by molar-refractivity contribution is 7.90. The van der Waals surface area contributed by atoms with Gasteiger partial charge in [-0.15, -0.1) is 0 Å². The van der Waals surface area contributed by atoms with E-state index in [1.807, 2.05) is 0 Å². The van der Waals surface area contributed by atoms with Gasteiger partial charge < -0.3 is 5.32 Å². The quantitative estimate of drug-likeness (QED) is 0.762. The fourth-order valence-electron chi connectivity index (χ4n) is 2.45. The molecule has 0 amide bonds. The van der Waals surface area contributed by atoms with Gasteiger partial charge in [0.15, 0.2) is 0 Å². The molecule has 0 saturated carbocycles. The second-order valence-electron chi connectivity index (χ2n) is 6.44. The molecule has 1 N–H and O–H groups in total. The molecular weight excluding hydrogens is 282 g/mol. The van der Waals surface area contributed by atoms with Gasteiger partial charge in [0, 0.05) is 18.6 Å². The van der Waals surface area contributed by atoms with Gasteiger partial charge in [0.25, 0.3) is 0 Å². The Kier molecular flexibility index (Phi) is 7.40. The highest BCUT2D eigenvalue weighted by Crippen LogP contribution is 2.22. The van der Waals surface area contributed by atoms with Gasteiger partial charge in [-0.25, -0.2) is 8.42 Å². The molecule has 1 unspecified atom stereocenters. The molecule has 21 heavy (non-hydrogen) atoms. The third-order valence-electron chi connectivity index (χ3n) is 3.52. The van der Waals surface area contributed by atoms with E-state index < -0.39 is 9.84 Å². The Balaban J connectivity index is 2.65. The summed E-state index contributed by atoms with van der Waals surface area (Å²) in [6, 6.07) is 8.53. The van der Waals surface area contributed by atoms with E-state index in [0.29, 0.717) is 11.8 Å². The first kappa shape index (κ1) is 18.2. The normalized spacial score (nSPS) is 13.6. The largest absolute Gasteiger partial charge is 0.316 e. The van der Waals surface area contributed by atoms with Crippen LogP contribution in [0.1, 0.15) is 43.7 Å². The number of rotatable bonds is 9. The van der Waals surface area contributed by atoms with Crippen molar-refractivity contribution in [2.24, 2.45) is 5.92 Å². The summed E-state index contributed by atoms with van der Waals surface area (Å²) in [5.74, 6) is 1.28. The Labute approximate surface area is 130 Å². The van der Waals surface area contributed by atoms with Crippen LogP contribution < -0.4 is 5.32 Å². The Morgan fingerprint density at radius 1 is 1.19 bits per heavy atom. The van der Waals surface area contributed by atoms with E-state index in [0.717, 1.165) is 25.9 Å². The first-order valence-electron chi connectivity index (χ1n) is 7.73. The molecule has 1 rings (SSSR count). The third-order valence-corrected chi connectivity index (χ3v) is 4.55. The number of hydrogen-bond acceptors (Lipinski definition) is 3. The SMILES string of the molecule is Cc1cccc(C(CCCS(C)(=O)=O)CNCC(C)C)c1. The van der Waals surface area contributed by atoms with Crippen LogP contribution in [0.3, 0.4) is 0 Å². The van der Waals surface area contributed by atoms with Crippen LogP contribution in [0.4, 0.5) is 0 Å². The highest BCUT2D eigenvalue weighted by Gasteiger charge is 2.13. The third kappa shape index (κ3) is 8.22. The minimum absolute atomic E-state index is 0.277. The van der Waals surface area contributed by atoms with Gasteiger partial charge in [0.05, 0.1) is 0 Å². The average Bonchev–Trinajstić information content (AvgIpc) is 2.35. The maximum Gasteiger partial charge on any atom is 0.147 e. The molecule has 120 valence electrons. The molecule has 0 spiro atoms. The molecule has 1 aromatic carbocycles. The molecule has 0 bridgehead atoms. The van der Waals surface area contributed by atoms with E-state index in [9.17, 15) is 8.42 Å². The van der Waals surface area contributed by atoms with Crippen molar-refractivity contribution in [1.82, 2.24) is 5.32 Å². The molecule has 0 aliphatic carbocycles. The predicted molar refractivity (Wildman–Crippen MR) is 90.6 cm³/mol. The van der Waals surface area contributed by atoms with E-state index in [4.69, 9.17) is 0 Å². The smallest absolute Gasteiger partial charge is 0.147 e. The molecule has 4 heteroatoms. The standard InChI is InChI=1S/C17H29NO2S/c1-14(2)12-18-13-17(9-6-10-21(4,19)20)16-8-5-7-15(3)11-16/h5,7-8,11,14,17-18H,6,9-10,12-13H2,1-4H3. The summed E-state index contributed by atoms with van der Waals surface area (Å²) in [6.07, 6.45) is 2.94. The van der Waals surface area contributed by atoms with Gasteiger partial charge in [-0.1, -0.05) is 43.7 Å². The Bertz CT molecular complexity index is 523. The fraction of sp³-hybridized carbons (Fsp3) is 0.647. The molecule has 1 atom stereocenters. The van der Waals surface area contributed by atoms with Crippen LogP contribution in [0.2, 0.25) is 0 Å². The van der Waals surface area contributed by atoms with E-state index in [-0.39, 0.29) is 5.75 Å². The number of hydrogen-bond donors (Lipinski definition) is 1. The lowest BCUT2D eigenvalue weighted by Gasteiger charge is -2.19. The lowest BCUT2D eigenvalue weighted by atomic mass is 9.93. The van der Waals surface area contributed by atoms with Crippen molar-refractivity contribution >= 4 is 9.84 Å². The van der Waals surface area contributed by atoms with Crippen molar-refractivity contribution in [1.29, 1.82) is 0 Å². The van der Waals surface area contributed by atoms with Crippen LogP contribution in [0, 0.1) is 12.8 Å². The minimum atomic E-state index is -2.86. The van der Waals surface area contributed by atoms with Crippen LogP contribution in [0.25, 0.3) is 0 Å². The topological polar surface area (TPSA) is 46.2 Å². The number of benzene rings is 1. The van der Waals surface area contributed by atoms with Crippen molar-refractivity contribution in [3.63, 3.8) is 0 Å². The average molecular weight is 311 g/mol. The zero-order valence-electron chi connectivity index (χ0n) is 13.7. The van der Waals surface area contributed by atoms with Crippen LogP contribution in [0.5, 0.6) is 0 Å². The second kappa shape index (κ2) is 8.54. The van der Waals surface area contributed by atoms with E-state index in [1.54, 1.807) is 0 Å². The molecule has 0 heterocycles. The van der Waals surface area contributed by atoms with Crippen molar-refractivity contribution in [3.05, 3.63) is 35.4 Å². The number of nitrogens with one attached hydrogen (secondary N) is 1. The summed E-state index contributed by atoms with van der Waals surface area (Å²) in [6.45, 7) is 8.38. The van der Waals surface area contributed by atoms with Gasteiger partial charge in [-0.2, -0.15) is 0 Å². The number of sulfone groups is 1. The zero-order chi connectivity index (χ0) is 15.9. The van der Waals surface area contributed by atoms with Crippen molar-refractivity contribution in [2.75, 3.05) is 25.1 Å². The Hall–Kier alpha value is -0.870. The number of aryl methyl sites for hydroxylation is 1. The maximum atomic E-state index is 11.3. The molecule has 0 aliphatic heterocycles. The van der Waals surface area contributed by atoms with Crippen molar-refractivity contribution in [2.45, 2.75) is 39.5 Å². The lowest BCUT2D eigenvalue weighted by Crippen LogP contribution is -2.26. The van der Waals surface area contributed by atoms with E-state index >= 15 is 0 Å². The van der Waals surface area contributed by atoms with E-state index in [1.165, 1.54) is 17.4 Å². The first-order chi connectivity index (χ1) is 9.78. The summed E-state index contributed by atoms with van der Waals surface area (Å²) < 4.78 is 22.6.